The highest BCUT2D eigenvalue weighted by molar-refractivity contribution is 7.89. The molecule has 1 aromatic heterocycles. The molecule has 1 amide bonds. The average molecular weight is 428 g/mol. The zero-order valence-corrected chi connectivity index (χ0v) is 17.9. The smallest absolute Gasteiger partial charge is 0.291 e. The number of hydrogen-bond acceptors (Lipinski definition) is 5. The van der Waals surface area contributed by atoms with E-state index < -0.39 is 15.9 Å². The van der Waals surface area contributed by atoms with Gasteiger partial charge in [0.05, 0.1) is 4.90 Å². The molecule has 2 aromatic carbocycles. The summed E-state index contributed by atoms with van der Waals surface area (Å²) in [6.45, 7) is 7.18. The topological polar surface area (TPSA) is 82.9 Å². The van der Waals surface area contributed by atoms with Gasteiger partial charge in [0.2, 0.25) is 10.0 Å². The predicted molar refractivity (Wildman–Crippen MR) is 116 cm³/mol. The zero-order valence-electron chi connectivity index (χ0n) is 17.1. The number of rotatable bonds is 5. The molecular weight excluding hydrogens is 402 g/mol. The van der Waals surface area contributed by atoms with E-state index in [2.05, 4.69) is 17.1 Å². The number of nitrogens with one attached hydrogen (secondary N) is 1. The molecule has 1 saturated heterocycles. The van der Waals surface area contributed by atoms with E-state index in [1.165, 1.54) is 10.4 Å². The minimum absolute atomic E-state index is 0.173. The molecule has 2 heterocycles. The molecule has 1 N–H and O–H groups in total. The van der Waals surface area contributed by atoms with E-state index in [-0.39, 0.29) is 10.7 Å². The number of aryl methyl sites for hydroxylation is 1. The second-order valence-electron chi connectivity index (χ2n) is 7.37. The second kappa shape index (κ2) is 8.22. The van der Waals surface area contributed by atoms with E-state index >= 15 is 0 Å². The molecule has 4 rings (SSSR count). The number of carbonyl (C=O) groups is 1. The first kappa shape index (κ1) is 20.6. The molecule has 1 aliphatic rings. The van der Waals surface area contributed by atoms with Crippen molar-refractivity contribution < 1.29 is 17.6 Å². The summed E-state index contributed by atoms with van der Waals surface area (Å²) in [5.41, 5.74) is 1.80. The first-order valence-electron chi connectivity index (χ1n) is 10.0. The van der Waals surface area contributed by atoms with E-state index in [4.69, 9.17) is 4.42 Å². The van der Waals surface area contributed by atoms with Crippen molar-refractivity contribution in [2.45, 2.75) is 18.7 Å². The normalized spacial score (nSPS) is 16.1. The molecule has 158 valence electrons. The maximum Gasteiger partial charge on any atom is 0.291 e. The largest absolute Gasteiger partial charge is 0.451 e. The molecule has 30 heavy (non-hydrogen) atoms. The van der Waals surface area contributed by atoms with Gasteiger partial charge in [0.1, 0.15) is 5.58 Å². The Morgan fingerprint density at radius 2 is 1.80 bits per heavy atom. The van der Waals surface area contributed by atoms with Crippen LogP contribution in [0.4, 0.5) is 5.69 Å². The van der Waals surface area contributed by atoms with Crippen molar-refractivity contribution in [3.05, 3.63) is 59.9 Å². The van der Waals surface area contributed by atoms with Gasteiger partial charge in [0.25, 0.3) is 5.91 Å². The molecule has 0 saturated carbocycles. The van der Waals surface area contributed by atoms with Crippen LogP contribution in [0.25, 0.3) is 11.0 Å². The Morgan fingerprint density at radius 3 is 2.50 bits per heavy atom. The zero-order chi connectivity index (χ0) is 21.3. The summed E-state index contributed by atoms with van der Waals surface area (Å²) in [7, 11) is -3.61. The number of piperazine rings is 1. The lowest BCUT2D eigenvalue weighted by molar-refractivity contribution is 0.0998. The molecule has 0 atom stereocenters. The van der Waals surface area contributed by atoms with Crippen molar-refractivity contribution in [1.29, 1.82) is 0 Å². The molecule has 3 aromatic rings. The van der Waals surface area contributed by atoms with Gasteiger partial charge in [-0.1, -0.05) is 31.2 Å². The van der Waals surface area contributed by atoms with Gasteiger partial charge >= 0.3 is 0 Å². The quantitative estimate of drug-likeness (QED) is 0.675. The molecule has 7 nitrogen and oxygen atoms in total. The summed E-state index contributed by atoms with van der Waals surface area (Å²) in [5, 5.41) is 3.65. The van der Waals surface area contributed by atoms with Gasteiger partial charge in [0, 0.05) is 42.8 Å². The Balaban J connectivity index is 1.54. The molecule has 0 aliphatic carbocycles. The Hall–Kier alpha value is -2.68. The summed E-state index contributed by atoms with van der Waals surface area (Å²) < 4.78 is 33.3. The van der Waals surface area contributed by atoms with Crippen LogP contribution in [-0.4, -0.2) is 56.3 Å². The first-order valence-corrected chi connectivity index (χ1v) is 11.5. The third-order valence-electron chi connectivity index (χ3n) is 5.56. The molecule has 1 fully saturated rings. The van der Waals surface area contributed by atoms with Gasteiger partial charge in [-0.3, -0.25) is 4.79 Å². The first-order chi connectivity index (χ1) is 14.4. The lowest BCUT2D eigenvalue weighted by Crippen LogP contribution is -2.48. The Bertz CT molecular complexity index is 1180. The van der Waals surface area contributed by atoms with Crippen molar-refractivity contribution in [2.24, 2.45) is 0 Å². The molecule has 0 unspecified atom stereocenters. The Morgan fingerprint density at radius 1 is 1.07 bits per heavy atom. The van der Waals surface area contributed by atoms with Crippen molar-refractivity contribution in [3.63, 3.8) is 0 Å². The van der Waals surface area contributed by atoms with E-state index in [0.717, 1.165) is 30.6 Å². The van der Waals surface area contributed by atoms with Crippen LogP contribution in [0.3, 0.4) is 0 Å². The van der Waals surface area contributed by atoms with Crippen molar-refractivity contribution in [3.8, 4) is 0 Å². The third-order valence-corrected chi connectivity index (χ3v) is 7.45. The highest BCUT2D eigenvalue weighted by Crippen LogP contribution is 2.26. The maximum atomic E-state index is 13.0. The van der Waals surface area contributed by atoms with Gasteiger partial charge < -0.3 is 14.6 Å². The van der Waals surface area contributed by atoms with E-state index in [0.29, 0.717) is 24.4 Å². The molecule has 0 radical (unpaired) electrons. The van der Waals surface area contributed by atoms with Gasteiger partial charge in [0.15, 0.2) is 5.76 Å². The van der Waals surface area contributed by atoms with Crippen molar-refractivity contribution in [2.75, 3.05) is 38.0 Å². The number of amides is 1. The number of sulfonamides is 1. The molecular formula is C22H25N3O4S. The van der Waals surface area contributed by atoms with Crippen LogP contribution < -0.4 is 5.32 Å². The van der Waals surface area contributed by atoms with Crippen LogP contribution in [0.2, 0.25) is 0 Å². The van der Waals surface area contributed by atoms with Gasteiger partial charge in [-0.25, -0.2) is 8.42 Å². The van der Waals surface area contributed by atoms with Crippen LogP contribution >= 0.6 is 0 Å². The number of furan rings is 1. The number of carbonyl (C=O) groups excluding carboxylic acids is 1. The Labute approximate surface area is 176 Å². The highest BCUT2D eigenvalue weighted by Gasteiger charge is 2.28. The number of benzene rings is 2. The lowest BCUT2D eigenvalue weighted by atomic mass is 10.1. The summed E-state index contributed by atoms with van der Waals surface area (Å²) in [6, 6.07) is 13.8. The van der Waals surface area contributed by atoms with Crippen molar-refractivity contribution in [1.82, 2.24) is 9.21 Å². The second-order valence-corrected chi connectivity index (χ2v) is 9.31. The summed E-state index contributed by atoms with van der Waals surface area (Å²) >= 11 is 0. The minimum atomic E-state index is -3.61. The van der Waals surface area contributed by atoms with Gasteiger partial charge in [-0.05, 0) is 37.7 Å². The number of nitrogens with zero attached hydrogens (tertiary/aromatic N) is 2. The summed E-state index contributed by atoms with van der Waals surface area (Å²) in [6.07, 6.45) is 0. The SMILES string of the molecule is CCN1CCN(S(=O)(=O)c2cccc(NC(=O)c3oc4ccccc4c3C)c2)CC1. The van der Waals surface area contributed by atoms with E-state index in [1.807, 2.05) is 31.2 Å². The van der Waals surface area contributed by atoms with Gasteiger partial charge in [-0.2, -0.15) is 4.31 Å². The number of hydrogen-bond donors (Lipinski definition) is 1. The van der Waals surface area contributed by atoms with Crippen LogP contribution in [0, 0.1) is 6.92 Å². The van der Waals surface area contributed by atoms with Gasteiger partial charge in [-0.15, -0.1) is 0 Å². The van der Waals surface area contributed by atoms with E-state index in [1.54, 1.807) is 18.2 Å². The molecule has 8 heteroatoms. The number of fused-ring (bicyclic) bond motifs is 1. The monoisotopic (exact) mass is 427 g/mol. The fourth-order valence-corrected chi connectivity index (χ4v) is 5.22. The summed E-state index contributed by atoms with van der Waals surface area (Å²) in [5.74, 6) is -0.185. The molecule has 0 bridgehead atoms. The van der Waals surface area contributed by atoms with E-state index in [9.17, 15) is 13.2 Å². The standard InChI is InChI=1S/C22H25N3O4S/c1-3-24-11-13-25(14-12-24)30(27,28)18-8-6-7-17(15-18)23-22(26)21-16(2)19-9-4-5-10-20(19)29-21/h4-10,15H,3,11-14H2,1-2H3,(H,23,26). The molecule has 1 aliphatic heterocycles. The average Bonchev–Trinajstić information content (AvgIpc) is 3.11. The van der Waals surface area contributed by atoms with Crippen LogP contribution in [-0.2, 0) is 10.0 Å². The maximum absolute atomic E-state index is 13.0. The minimum Gasteiger partial charge on any atom is -0.451 e. The summed E-state index contributed by atoms with van der Waals surface area (Å²) in [4.78, 5) is 15.2. The fraction of sp³-hybridized carbons (Fsp3) is 0.318. The molecule has 0 spiro atoms. The predicted octanol–water partition coefficient (Wildman–Crippen LogP) is 3.32. The highest BCUT2D eigenvalue weighted by atomic mass is 32.2. The van der Waals surface area contributed by atoms with Crippen LogP contribution in [0.15, 0.2) is 57.8 Å². The fourth-order valence-electron chi connectivity index (χ4n) is 3.75. The number of anilines is 1. The number of para-hydroxylation sites is 1. The van der Waals surface area contributed by atoms with Crippen LogP contribution in [0.1, 0.15) is 23.0 Å². The number of likely N-dealkylation sites (N-methyl/N-ethyl adjacent to an activating group) is 1. The lowest BCUT2D eigenvalue weighted by Gasteiger charge is -2.33. The Kier molecular flexibility index (Phi) is 5.64. The third kappa shape index (κ3) is 3.86. The van der Waals surface area contributed by atoms with Crippen molar-refractivity contribution >= 4 is 32.6 Å². The van der Waals surface area contributed by atoms with Crippen LogP contribution in [0.5, 0.6) is 0 Å².